The molecule has 1 fully saturated rings. The second-order valence-corrected chi connectivity index (χ2v) is 5.11. The molecule has 0 aromatic heterocycles. The largest absolute Gasteiger partial charge is 0.360 e. The molecule has 1 nitrogen and oxygen atoms in total. The zero-order chi connectivity index (χ0) is 12.7. The van der Waals surface area contributed by atoms with Crippen LogP contribution < -0.4 is 4.90 Å². The van der Waals surface area contributed by atoms with E-state index in [1.165, 1.54) is 22.0 Å². The van der Waals surface area contributed by atoms with E-state index in [4.69, 9.17) is 0 Å². The van der Waals surface area contributed by atoms with Crippen LogP contribution in [0.1, 0.15) is 11.6 Å². The van der Waals surface area contributed by atoms with Crippen molar-refractivity contribution >= 4 is 16.5 Å². The fraction of sp³-hybridized carbons (Fsp3) is 0.111. The minimum absolute atomic E-state index is 0.548. The van der Waals surface area contributed by atoms with Gasteiger partial charge in [0.15, 0.2) is 0 Å². The van der Waals surface area contributed by atoms with Crippen LogP contribution in [0.2, 0.25) is 0 Å². The van der Waals surface area contributed by atoms with Crippen molar-refractivity contribution in [3.63, 3.8) is 0 Å². The Morgan fingerprint density at radius 3 is 2.32 bits per heavy atom. The number of nitrogens with zero attached hydrogens (tertiary/aromatic N) is 1. The molecule has 3 aromatic carbocycles. The van der Waals surface area contributed by atoms with Gasteiger partial charge in [-0.15, -0.1) is 0 Å². The first kappa shape index (κ1) is 10.6. The van der Waals surface area contributed by atoms with Gasteiger partial charge in [-0.3, -0.25) is 0 Å². The third-order valence-corrected chi connectivity index (χ3v) is 3.86. The Balaban J connectivity index is 1.66. The third-order valence-electron chi connectivity index (χ3n) is 3.86. The maximum Gasteiger partial charge on any atom is 0.0719 e. The molecule has 19 heavy (non-hydrogen) atoms. The van der Waals surface area contributed by atoms with E-state index in [-0.39, 0.29) is 0 Å². The summed E-state index contributed by atoms with van der Waals surface area (Å²) in [5, 5.41) is 2.65. The Labute approximate surface area is 113 Å². The van der Waals surface area contributed by atoms with Crippen LogP contribution in [0.15, 0.2) is 72.8 Å². The van der Waals surface area contributed by atoms with Gasteiger partial charge in [0.1, 0.15) is 0 Å². The van der Waals surface area contributed by atoms with Gasteiger partial charge in [-0.25, -0.2) is 0 Å². The number of para-hydroxylation sites is 1. The number of rotatable bonds is 2. The fourth-order valence-corrected chi connectivity index (χ4v) is 2.74. The summed E-state index contributed by atoms with van der Waals surface area (Å²) < 4.78 is 0. The van der Waals surface area contributed by atoms with E-state index in [9.17, 15) is 0 Å². The first-order valence-electron chi connectivity index (χ1n) is 6.72. The molecule has 0 bridgehead atoms. The van der Waals surface area contributed by atoms with Crippen LogP contribution in [0, 0.1) is 0 Å². The predicted octanol–water partition coefficient (Wildman–Crippen LogP) is 4.40. The van der Waals surface area contributed by atoms with Gasteiger partial charge >= 0.3 is 0 Å². The quantitative estimate of drug-likeness (QED) is 0.605. The molecular weight excluding hydrogens is 230 g/mol. The van der Waals surface area contributed by atoms with E-state index in [1.54, 1.807) is 0 Å². The number of hydrogen-bond acceptors (Lipinski definition) is 1. The first-order chi connectivity index (χ1) is 9.42. The molecule has 0 amide bonds. The Kier molecular flexibility index (Phi) is 2.31. The van der Waals surface area contributed by atoms with Crippen molar-refractivity contribution in [3.8, 4) is 0 Å². The Bertz CT molecular complexity index is 718. The molecule has 1 aliphatic rings. The molecular formula is C18H15N. The molecule has 92 valence electrons. The summed E-state index contributed by atoms with van der Waals surface area (Å²) >= 11 is 0. The third kappa shape index (κ3) is 1.88. The molecule has 1 heterocycles. The standard InChI is InChI=1S/C18H15N/c1-2-8-17(9-3-1)19-13-18(19)16-11-10-14-6-4-5-7-15(14)12-16/h1-12,18H,13H2/t18-,19?/m0/s1. The number of anilines is 1. The van der Waals surface area contributed by atoms with Gasteiger partial charge in [0.2, 0.25) is 0 Å². The summed E-state index contributed by atoms with van der Waals surface area (Å²) in [6, 6.07) is 26.5. The van der Waals surface area contributed by atoms with E-state index >= 15 is 0 Å². The molecule has 3 aromatic rings. The number of hydrogen-bond donors (Lipinski definition) is 0. The van der Waals surface area contributed by atoms with Crippen molar-refractivity contribution in [3.05, 3.63) is 78.4 Å². The van der Waals surface area contributed by atoms with Crippen molar-refractivity contribution in [2.45, 2.75) is 6.04 Å². The van der Waals surface area contributed by atoms with Crippen molar-refractivity contribution < 1.29 is 0 Å². The summed E-state index contributed by atoms with van der Waals surface area (Å²) in [6.45, 7) is 1.13. The average Bonchev–Trinajstić information content (AvgIpc) is 3.28. The molecule has 1 aliphatic heterocycles. The van der Waals surface area contributed by atoms with Crippen LogP contribution in [0.25, 0.3) is 10.8 Å². The molecule has 4 rings (SSSR count). The summed E-state index contributed by atoms with van der Waals surface area (Å²) in [6.07, 6.45) is 0. The first-order valence-corrected chi connectivity index (χ1v) is 6.72. The molecule has 0 radical (unpaired) electrons. The summed E-state index contributed by atoms with van der Waals surface area (Å²) in [5.74, 6) is 0. The van der Waals surface area contributed by atoms with Crippen molar-refractivity contribution in [1.29, 1.82) is 0 Å². The summed E-state index contributed by atoms with van der Waals surface area (Å²) in [7, 11) is 0. The highest BCUT2D eigenvalue weighted by Crippen LogP contribution is 2.40. The Morgan fingerprint density at radius 2 is 1.47 bits per heavy atom. The SMILES string of the molecule is c1ccc(N2C[C@H]2c2ccc3ccccc3c2)cc1. The van der Waals surface area contributed by atoms with Crippen LogP contribution in [0.5, 0.6) is 0 Å². The molecule has 1 heteroatoms. The second kappa shape index (κ2) is 4.13. The average molecular weight is 245 g/mol. The minimum Gasteiger partial charge on any atom is -0.360 e. The smallest absolute Gasteiger partial charge is 0.0719 e. The van der Waals surface area contributed by atoms with Gasteiger partial charge in [-0.1, -0.05) is 54.6 Å². The normalized spacial score (nSPS) is 17.7. The summed E-state index contributed by atoms with van der Waals surface area (Å²) in [4.78, 5) is 2.43. The van der Waals surface area contributed by atoms with E-state index in [1.807, 2.05) is 0 Å². The highest BCUT2D eigenvalue weighted by atomic mass is 15.3. The van der Waals surface area contributed by atoms with Crippen LogP contribution in [-0.2, 0) is 0 Å². The van der Waals surface area contributed by atoms with E-state index in [0.717, 1.165) is 6.54 Å². The lowest BCUT2D eigenvalue weighted by Crippen LogP contribution is -1.93. The molecule has 1 atom stereocenters. The maximum absolute atomic E-state index is 2.43. The van der Waals surface area contributed by atoms with Crippen molar-refractivity contribution in [2.75, 3.05) is 11.4 Å². The van der Waals surface area contributed by atoms with Gasteiger partial charge in [0, 0.05) is 12.2 Å². The van der Waals surface area contributed by atoms with Crippen molar-refractivity contribution in [2.24, 2.45) is 0 Å². The monoisotopic (exact) mass is 245 g/mol. The molecule has 0 saturated carbocycles. The number of benzene rings is 3. The zero-order valence-electron chi connectivity index (χ0n) is 10.7. The lowest BCUT2D eigenvalue weighted by molar-refractivity contribution is 1.13. The second-order valence-electron chi connectivity index (χ2n) is 5.11. The maximum atomic E-state index is 2.43. The Morgan fingerprint density at radius 1 is 0.737 bits per heavy atom. The topological polar surface area (TPSA) is 3.01 Å². The zero-order valence-corrected chi connectivity index (χ0v) is 10.7. The number of fused-ring (bicyclic) bond motifs is 1. The van der Waals surface area contributed by atoms with Gasteiger partial charge in [0.05, 0.1) is 6.04 Å². The van der Waals surface area contributed by atoms with Gasteiger partial charge in [-0.2, -0.15) is 0 Å². The highest BCUT2D eigenvalue weighted by Gasteiger charge is 2.35. The molecule has 1 saturated heterocycles. The van der Waals surface area contributed by atoms with Gasteiger partial charge in [0.25, 0.3) is 0 Å². The fourth-order valence-electron chi connectivity index (χ4n) is 2.74. The van der Waals surface area contributed by atoms with Crippen molar-refractivity contribution in [1.82, 2.24) is 0 Å². The molecule has 0 N–H and O–H groups in total. The lowest BCUT2D eigenvalue weighted by atomic mass is 10.1. The van der Waals surface area contributed by atoms with Crippen LogP contribution in [0.4, 0.5) is 5.69 Å². The molecule has 0 unspecified atom stereocenters. The van der Waals surface area contributed by atoms with E-state index < -0.39 is 0 Å². The lowest BCUT2D eigenvalue weighted by Gasteiger charge is -2.06. The highest BCUT2D eigenvalue weighted by molar-refractivity contribution is 5.83. The van der Waals surface area contributed by atoms with Crippen LogP contribution in [-0.4, -0.2) is 6.54 Å². The minimum atomic E-state index is 0.548. The predicted molar refractivity (Wildman–Crippen MR) is 80.5 cm³/mol. The van der Waals surface area contributed by atoms with Crippen LogP contribution in [0.3, 0.4) is 0 Å². The Hall–Kier alpha value is -2.28. The van der Waals surface area contributed by atoms with Gasteiger partial charge < -0.3 is 4.90 Å². The van der Waals surface area contributed by atoms with E-state index in [0.29, 0.717) is 6.04 Å². The molecule has 0 spiro atoms. The van der Waals surface area contributed by atoms with E-state index in [2.05, 4.69) is 77.7 Å². The molecule has 0 aliphatic carbocycles. The summed E-state index contributed by atoms with van der Waals surface area (Å²) in [5.41, 5.74) is 2.74. The van der Waals surface area contributed by atoms with Gasteiger partial charge in [-0.05, 0) is 34.5 Å². The van der Waals surface area contributed by atoms with Crippen LogP contribution >= 0.6 is 0 Å².